The summed E-state index contributed by atoms with van der Waals surface area (Å²) in [7, 11) is -3.80. The lowest BCUT2D eigenvalue weighted by molar-refractivity contribution is 0.102. The molecule has 0 saturated carbocycles. The molecule has 0 aliphatic rings. The highest BCUT2D eigenvalue weighted by molar-refractivity contribution is 7.89. The maximum absolute atomic E-state index is 13.0. The van der Waals surface area contributed by atoms with E-state index in [-0.39, 0.29) is 22.6 Å². The molecule has 9 heteroatoms. The molecule has 1 heterocycles. The van der Waals surface area contributed by atoms with Gasteiger partial charge in [-0.2, -0.15) is 0 Å². The molecular formula is C24H26ClN3O4S. The van der Waals surface area contributed by atoms with Crippen molar-refractivity contribution in [3.8, 4) is 0 Å². The van der Waals surface area contributed by atoms with Gasteiger partial charge in [-0.05, 0) is 63.1 Å². The van der Waals surface area contributed by atoms with Crippen LogP contribution in [0.2, 0.25) is 5.02 Å². The molecule has 0 spiro atoms. The SMILES string of the molecule is Cc1ccc(S(=O)(=O)NC(C)(C)C)cc1C(=O)Nc1ccc(=O)n(Cc2ccccc2Cl)c1. The molecular weight excluding hydrogens is 462 g/mol. The normalized spacial score (nSPS) is 11.9. The van der Waals surface area contributed by atoms with E-state index in [0.29, 0.717) is 16.3 Å². The summed E-state index contributed by atoms with van der Waals surface area (Å²) >= 11 is 6.20. The minimum atomic E-state index is -3.80. The standard InChI is InChI=1S/C24H26ClN3O4S/c1-16-9-11-19(33(31,32)27-24(2,3)4)13-20(16)23(30)26-18-10-12-22(29)28(15-18)14-17-7-5-6-8-21(17)25/h5-13,15,27H,14H2,1-4H3,(H,26,30). The van der Waals surface area contributed by atoms with Crippen molar-refractivity contribution in [1.29, 1.82) is 0 Å². The molecule has 2 N–H and O–H groups in total. The van der Waals surface area contributed by atoms with Crippen molar-refractivity contribution < 1.29 is 13.2 Å². The number of amides is 1. The van der Waals surface area contributed by atoms with Crippen LogP contribution in [-0.2, 0) is 16.6 Å². The quantitative estimate of drug-likeness (QED) is 0.544. The number of aryl methyl sites for hydroxylation is 1. The number of hydrogen-bond donors (Lipinski definition) is 2. The highest BCUT2D eigenvalue weighted by atomic mass is 35.5. The monoisotopic (exact) mass is 487 g/mol. The number of sulfonamides is 1. The lowest BCUT2D eigenvalue weighted by Crippen LogP contribution is -2.40. The maximum atomic E-state index is 13.0. The second-order valence-electron chi connectivity index (χ2n) is 8.76. The van der Waals surface area contributed by atoms with Crippen LogP contribution in [-0.4, -0.2) is 24.4 Å². The van der Waals surface area contributed by atoms with E-state index in [2.05, 4.69) is 10.0 Å². The molecule has 0 aliphatic carbocycles. The molecule has 0 atom stereocenters. The van der Waals surface area contributed by atoms with E-state index < -0.39 is 21.5 Å². The number of hydrogen-bond acceptors (Lipinski definition) is 4. The van der Waals surface area contributed by atoms with E-state index in [9.17, 15) is 18.0 Å². The molecule has 0 unspecified atom stereocenters. The van der Waals surface area contributed by atoms with Crippen LogP contribution in [0.5, 0.6) is 0 Å². The third-order valence-electron chi connectivity index (χ3n) is 4.74. The molecule has 3 aromatic rings. The Balaban J connectivity index is 1.87. The Morgan fingerprint density at radius 2 is 1.76 bits per heavy atom. The second kappa shape index (κ2) is 9.51. The van der Waals surface area contributed by atoms with Gasteiger partial charge in [-0.15, -0.1) is 0 Å². The van der Waals surface area contributed by atoms with Crippen molar-refractivity contribution in [3.63, 3.8) is 0 Å². The Kier molecular flexibility index (Phi) is 7.11. The van der Waals surface area contributed by atoms with Crippen LogP contribution < -0.4 is 15.6 Å². The van der Waals surface area contributed by atoms with E-state index in [0.717, 1.165) is 5.56 Å². The van der Waals surface area contributed by atoms with Crippen LogP contribution in [0.15, 0.2) is 70.5 Å². The largest absolute Gasteiger partial charge is 0.321 e. The number of pyridine rings is 1. The van der Waals surface area contributed by atoms with Gasteiger partial charge in [-0.3, -0.25) is 9.59 Å². The molecule has 33 heavy (non-hydrogen) atoms. The first-order valence-electron chi connectivity index (χ1n) is 10.3. The number of carbonyl (C=O) groups is 1. The molecule has 0 fully saturated rings. The van der Waals surface area contributed by atoms with Gasteiger partial charge in [0.1, 0.15) is 0 Å². The summed E-state index contributed by atoms with van der Waals surface area (Å²) in [6.07, 6.45) is 1.53. The van der Waals surface area contributed by atoms with Crippen molar-refractivity contribution in [3.05, 3.63) is 92.9 Å². The Morgan fingerprint density at radius 1 is 1.06 bits per heavy atom. The van der Waals surface area contributed by atoms with Crippen molar-refractivity contribution in [1.82, 2.24) is 9.29 Å². The summed E-state index contributed by atoms with van der Waals surface area (Å²) in [5.41, 5.74) is 1.09. The summed E-state index contributed by atoms with van der Waals surface area (Å²) in [6.45, 7) is 7.19. The second-order valence-corrected chi connectivity index (χ2v) is 10.9. The highest BCUT2D eigenvalue weighted by Crippen LogP contribution is 2.20. The van der Waals surface area contributed by atoms with E-state index in [4.69, 9.17) is 11.6 Å². The van der Waals surface area contributed by atoms with Gasteiger partial charge in [-0.25, -0.2) is 13.1 Å². The number of aromatic nitrogens is 1. The van der Waals surface area contributed by atoms with Crippen LogP contribution in [0.1, 0.15) is 42.3 Å². The number of carbonyl (C=O) groups excluding carboxylic acids is 1. The van der Waals surface area contributed by atoms with Crippen LogP contribution >= 0.6 is 11.6 Å². The summed E-state index contributed by atoms with van der Waals surface area (Å²) < 4.78 is 29.4. The van der Waals surface area contributed by atoms with Crippen LogP contribution in [0.4, 0.5) is 5.69 Å². The van der Waals surface area contributed by atoms with Crippen LogP contribution in [0.25, 0.3) is 0 Å². The van der Waals surface area contributed by atoms with Gasteiger partial charge in [0.25, 0.3) is 11.5 Å². The molecule has 1 amide bonds. The third-order valence-corrected chi connectivity index (χ3v) is 6.87. The summed E-state index contributed by atoms with van der Waals surface area (Å²) in [5, 5.41) is 3.29. The van der Waals surface area contributed by atoms with E-state index in [1.165, 1.54) is 35.0 Å². The zero-order valence-corrected chi connectivity index (χ0v) is 20.4. The van der Waals surface area contributed by atoms with E-state index in [1.807, 2.05) is 12.1 Å². The van der Waals surface area contributed by atoms with Gasteiger partial charge in [0, 0.05) is 28.4 Å². The van der Waals surface area contributed by atoms with E-state index >= 15 is 0 Å². The number of nitrogens with one attached hydrogen (secondary N) is 2. The molecule has 0 saturated heterocycles. The summed E-state index contributed by atoms with van der Waals surface area (Å²) in [4.78, 5) is 25.3. The number of benzene rings is 2. The summed E-state index contributed by atoms with van der Waals surface area (Å²) in [6, 6.07) is 14.4. The first-order chi connectivity index (χ1) is 15.4. The topological polar surface area (TPSA) is 97.3 Å². The Hall–Kier alpha value is -2.94. The van der Waals surface area contributed by atoms with Crippen molar-refractivity contribution in [2.75, 3.05) is 5.32 Å². The number of halogens is 1. The van der Waals surface area contributed by atoms with Gasteiger partial charge in [0.2, 0.25) is 10.0 Å². The van der Waals surface area contributed by atoms with Gasteiger partial charge in [0.05, 0.1) is 17.1 Å². The molecule has 3 rings (SSSR count). The van der Waals surface area contributed by atoms with Gasteiger partial charge in [0.15, 0.2) is 0 Å². The molecule has 174 valence electrons. The molecule has 1 aromatic heterocycles. The molecule has 7 nitrogen and oxygen atoms in total. The van der Waals surface area contributed by atoms with Crippen molar-refractivity contribution in [2.24, 2.45) is 0 Å². The number of anilines is 1. The van der Waals surface area contributed by atoms with E-state index in [1.54, 1.807) is 45.9 Å². The minimum Gasteiger partial charge on any atom is -0.321 e. The Bertz CT molecular complexity index is 1360. The van der Waals surface area contributed by atoms with Gasteiger partial charge >= 0.3 is 0 Å². The number of nitrogens with zero attached hydrogens (tertiary/aromatic N) is 1. The fourth-order valence-electron chi connectivity index (χ4n) is 3.21. The van der Waals surface area contributed by atoms with Crippen molar-refractivity contribution in [2.45, 2.75) is 44.7 Å². The van der Waals surface area contributed by atoms with Crippen LogP contribution in [0, 0.1) is 6.92 Å². The Morgan fingerprint density at radius 3 is 2.42 bits per heavy atom. The first-order valence-corrected chi connectivity index (χ1v) is 12.1. The highest BCUT2D eigenvalue weighted by Gasteiger charge is 2.23. The zero-order chi connectivity index (χ0) is 24.4. The van der Waals surface area contributed by atoms with Crippen molar-refractivity contribution >= 4 is 33.2 Å². The average Bonchev–Trinajstić information content (AvgIpc) is 2.70. The minimum absolute atomic E-state index is 0.00290. The summed E-state index contributed by atoms with van der Waals surface area (Å²) in [5.74, 6) is -0.483. The average molecular weight is 488 g/mol. The molecule has 0 bridgehead atoms. The first kappa shape index (κ1) is 24.7. The lowest BCUT2D eigenvalue weighted by Gasteiger charge is -2.20. The third kappa shape index (κ3) is 6.31. The molecule has 0 radical (unpaired) electrons. The number of rotatable bonds is 6. The lowest BCUT2D eigenvalue weighted by atomic mass is 10.1. The smallest absolute Gasteiger partial charge is 0.256 e. The molecule has 2 aromatic carbocycles. The Labute approximate surface area is 198 Å². The molecule has 0 aliphatic heterocycles. The maximum Gasteiger partial charge on any atom is 0.256 e. The predicted molar refractivity (Wildman–Crippen MR) is 130 cm³/mol. The predicted octanol–water partition coefficient (Wildman–Crippen LogP) is 4.19. The van der Waals surface area contributed by atoms with Crippen LogP contribution in [0.3, 0.4) is 0 Å². The zero-order valence-electron chi connectivity index (χ0n) is 18.8. The van der Waals surface area contributed by atoms with Gasteiger partial charge < -0.3 is 9.88 Å². The fourth-order valence-corrected chi connectivity index (χ4v) is 4.85. The van der Waals surface area contributed by atoms with Gasteiger partial charge in [-0.1, -0.05) is 35.9 Å². The fraction of sp³-hybridized carbons (Fsp3) is 0.250.